The fourth-order valence-corrected chi connectivity index (χ4v) is 6.08. The second-order valence-electron chi connectivity index (χ2n) is 13.1. The van der Waals surface area contributed by atoms with Gasteiger partial charge in [-0.05, 0) is 77.4 Å². The molecule has 1 saturated carbocycles. The van der Waals surface area contributed by atoms with Crippen LogP contribution in [0.3, 0.4) is 0 Å². The molecule has 0 bridgehead atoms. The predicted octanol–water partition coefficient (Wildman–Crippen LogP) is 5.96. The third-order valence-corrected chi connectivity index (χ3v) is 9.21. The second kappa shape index (κ2) is 13.4. The summed E-state index contributed by atoms with van der Waals surface area (Å²) in [5.74, 6) is 12.8. The van der Waals surface area contributed by atoms with Crippen LogP contribution in [0.25, 0.3) is 44.1 Å². The Morgan fingerprint density at radius 1 is 0.804 bits per heavy atom. The number of aliphatic hydroxyl groups is 2. The Hall–Kier alpha value is -5.95. The third kappa shape index (κ3) is 6.93. The number of aromatic nitrogens is 9. The average Bonchev–Trinajstić information content (AvgIpc) is 3.64. The lowest BCUT2D eigenvalue weighted by Crippen LogP contribution is -2.24. The fraction of sp³-hybridized carbons (Fsp3) is 0.308. The summed E-state index contributed by atoms with van der Waals surface area (Å²) in [6, 6.07) is 5.60. The van der Waals surface area contributed by atoms with Crippen molar-refractivity contribution in [3.8, 4) is 45.9 Å². The van der Waals surface area contributed by atoms with Crippen molar-refractivity contribution < 1.29 is 14.7 Å². The van der Waals surface area contributed by atoms with E-state index in [0.717, 1.165) is 70.0 Å². The fourth-order valence-electron chi connectivity index (χ4n) is 6.08. The molecule has 4 N–H and O–H groups in total. The summed E-state index contributed by atoms with van der Waals surface area (Å²) in [6.45, 7) is 11.0. The minimum absolute atomic E-state index is 0.302. The van der Waals surface area contributed by atoms with Crippen LogP contribution in [0, 0.1) is 36.5 Å². The van der Waals surface area contributed by atoms with Gasteiger partial charge in [-0.2, -0.15) is 10.2 Å². The number of rotatable bonds is 6. The molecule has 7 heterocycles. The highest BCUT2D eigenvalue weighted by molar-refractivity contribution is 5.97. The highest BCUT2D eigenvalue weighted by Crippen LogP contribution is 2.39. The smallest absolute Gasteiger partial charge is 0.168 e. The standard InChI is InChI=1S/C20H19N5O2.C19H20N4O/c1-4-25-12-17(14-9-22-23-10-14)16-8-15(21-11-18(16)25)5-6-20(3,26)19-7-13(2)27-24-19;1-3-23-12-17(13-9-21-22-10-13)16-8-15(20-11-18(16)23)6-7-19(2,24)14-4-5-14/h7-12,26H,4H2,1-3H3,(H,22,23);8-12,14,24H,3-5H2,1-2H3,(H,21,22). The van der Waals surface area contributed by atoms with Crippen LogP contribution in [-0.4, -0.2) is 60.5 Å². The van der Waals surface area contributed by atoms with Crippen LogP contribution in [0.15, 0.2) is 72.3 Å². The van der Waals surface area contributed by atoms with Crippen LogP contribution in [-0.2, 0) is 18.7 Å². The quantitative estimate of drug-likeness (QED) is 0.157. The van der Waals surface area contributed by atoms with Crippen LogP contribution in [0.2, 0.25) is 0 Å². The summed E-state index contributed by atoms with van der Waals surface area (Å²) in [7, 11) is 0. The minimum Gasteiger partial charge on any atom is -0.378 e. The number of pyridine rings is 2. The van der Waals surface area contributed by atoms with Crippen molar-refractivity contribution in [1.82, 2.24) is 44.7 Å². The zero-order valence-electron chi connectivity index (χ0n) is 29.2. The largest absolute Gasteiger partial charge is 0.378 e. The van der Waals surface area contributed by atoms with Gasteiger partial charge in [0, 0.05) is 77.0 Å². The Morgan fingerprint density at radius 3 is 1.76 bits per heavy atom. The Bertz CT molecular complexity index is 2440. The van der Waals surface area contributed by atoms with Crippen molar-refractivity contribution in [2.45, 2.75) is 71.8 Å². The van der Waals surface area contributed by atoms with E-state index in [-0.39, 0.29) is 0 Å². The van der Waals surface area contributed by atoms with Crippen molar-refractivity contribution in [2.75, 3.05) is 0 Å². The van der Waals surface area contributed by atoms with E-state index in [4.69, 9.17) is 4.52 Å². The number of hydrogen-bond acceptors (Lipinski definition) is 8. The van der Waals surface area contributed by atoms with Crippen LogP contribution in [0.4, 0.5) is 0 Å². The van der Waals surface area contributed by atoms with E-state index in [0.29, 0.717) is 28.8 Å². The van der Waals surface area contributed by atoms with E-state index in [1.54, 1.807) is 39.2 Å². The van der Waals surface area contributed by atoms with Gasteiger partial charge in [0.15, 0.2) is 5.60 Å². The molecule has 1 aliphatic carbocycles. The molecule has 2 atom stereocenters. The van der Waals surface area contributed by atoms with Gasteiger partial charge in [-0.1, -0.05) is 17.0 Å². The molecule has 0 aliphatic heterocycles. The van der Waals surface area contributed by atoms with Gasteiger partial charge in [-0.25, -0.2) is 9.97 Å². The molecule has 51 heavy (non-hydrogen) atoms. The Balaban J connectivity index is 0.000000160. The molecule has 12 nitrogen and oxygen atoms in total. The van der Waals surface area contributed by atoms with E-state index >= 15 is 0 Å². The first-order chi connectivity index (χ1) is 24.6. The van der Waals surface area contributed by atoms with Crippen molar-refractivity contribution in [2.24, 2.45) is 5.92 Å². The molecular weight excluding hydrogens is 642 g/mol. The molecule has 7 aromatic heterocycles. The molecule has 0 amide bonds. The van der Waals surface area contributed by atoms with E-state index < -0.39 is 11.2 Å². The first-order valence-electron chi connectivity index (χ1n) is 17.0. The molecule has 258 valence electrons. The monoisotopic (exact) mass is 681 g/mol. The van der Waals surface area contributed by atoms with Gasteiger partial charge in [0.05, 0.1) is 35.8 Å². The molecule has 0 aromatic carbocycles. The maximum atomic E-state index is 10.6. The van der Waals surface area contributed by atoms with Gasteiger partial charge >= 0.3 is 0 Å². The number of H-pyrrole nitrogens is 2. The Kier molecular flexibility index (Phi) is 8.81. The predicted molar refractivity (Wildman–Crippen MR) is 194 cm³/mol. The van der Waals surface area contributed by atoms with E-state index in [9.17, 15) is 10.2 Å². The molecule has 8 rings (SSSR count). The topological polar surface area (TPSA) is 159 Å². The van der Waals surface area contributed by atoms with Gasteiger partial charge in [0.25, 0.3) is 0 Å². The van der Waals surface area contributed by atoms with Gasteiger partial charge in [-0.3, -0.25) is 10.2 Å². The lowest BCUT2D eigenvalue weighted by Gasteiger charge is -2.14. The minimum atomic E-state index is -1.42. The van der Waals surface area contributed by atoms with Crippen molar-refractivity contribution >= 4 is 21.8 Å². The summed E-state index contributed by atoms with van der Waals surface area (Å²) in [5.41, 5.74) is 5.62. The van der Waals surface area contributed by atoms with Gasteiger partial charge < -0.3 is 23.9 Å². The summed E-state index contributed by atoms with van der Waals surface area (Å²) in [6.07, 6.45) is 17.3. The number of aryl methyl sites for hydroxylation is 3. The molecular formula is C39H39N9O3. The van der Waals surface area contributed by atoms with Crippen molar-refractivity contribution in [1.29, 1.82) is 0 Å². The highest BCUT2D eigenvalue weighted by Gasteiger charge is 2.38. The number of nitrogens with zero attached hydrogens (tertiary/aromatic N) is 7. The maximum absolute atomic E-state index is 10.6. The molecule has 1 fully saturated rings. The lowest BCUT2D eigenvalue weighted by atomic mass is 10.0. The Morgan fingerprint density at radius 2 is 1.33 bits per heavy atom. The average molecular weight is 682 g/mol. The van der Waals surface area contributed by atoms with E-state index in [1.807, 2.05) is 36.9 Å². The molecule has 0 radical (unpaired) electrons. The molecule has 1 aliphatic rings. The van der Waals surface area contributed by atoms with Crippen LogP contribution in [0.1, 0.15) is 63.4 Å². The number of nitrogens with one attached hydrogen (secondary N) is 2. The number of fused-ring (bicyclic) bond motifs is 2. The summed E-state index contributed by atoms with van der Waals surface area (Å²) in [4.78, 5) is 8.90. The third-order valence-electron chi connectivity index (χ3n) is 9.21. The van der Waals surface area contributed by atoms with Gasteiger partial charge in [0.1, 0.15) is 28.4 Å². The molecule has 0 saturated heterocycles. The van der Waals surface area contributed by atoms with E-state index in [2.05, 4.69) is 94.6 Å². The van der Waals surface area contributed by atoms with Gasteiger partial charge in [0.2, 0.25) is 0 Å². The first kappa shape index (κ1) is 33.5. The van der Waals surface area contributed by atoms with Crippen LogP contribution < -0.4 is 0 Å². The van der Waals surface area contributed by atoms with Crippen LogP contribution in [0.5, 0.6) is 0 Å². The molecule has 2 unspecified atom stereocenters. The summed E-state index contributed by atoms with van der Waals surface area (Å²) < 4.78 is 9.33. The second-order valence-corrected chi connectivity index (χ2v) is 13.1. The van der Waals surface area contributed by atoms with Gasteiger partial charge in [-0.15, -0.1) is 0 Å². The first-order valence-corrected chi connectivity index (χ1v) is 17.0. The zero-order chi connectivity index (χ0) is 35.8. The van der Waals surface area contributed by atoms with Crippen molar-refractivity contribution in [3.63, 3.8) is 0 Å². The number of hydrogen-bond donors (Lipinski definition) is 4. The maximum Gasteiger partial charge on any atom is 0.168 e. The SMILES string of the molecule is CCn1cc(-c2cn[nH]c2)c2cc(C#CC(C)(O)C3CC3)ncc21.CCn1cc(-c2cn[nH]c2)c2cc(C#CC(C)(O)c3cc(C)on3)ncc21. The number of aromatic amines is 2. The zero-order valence-corrected chi connectivity index (χ0v) is 29.2. The molecule has 7 aromatic rings. The normalized spacial score (nSPS) is 14.9. The molecule has 0 spiro atoms. The summed E-state index contributed by atoms with van der Waals surface area (Å²) in [5, 5.41) is 40.7. The molecule has 12 heteroatoms. The highest BCUT2D eigenvalue weighted by atomic mass is 16.5. The Labute approximate surface area is 294 Å². The summed E-state index contributed by atoms with van der Waals surface area (Å²) >= 11 is 0. The van der Waals surface area contributed by atoms with Crippen molar-refractivity contribution in [3.05, 3.63) is 90.6 Å². The van der Waals surface area contributed by atoms with Crippen LogP contribution >= 0.6 is 0 Å². The lowest BCUT2D eigenvalue weighted by molar-refractivity contribution is 0.0980. The van der Waals surface area contributed by atoms with E-state index in [1.165, 1.54) is 0 Å².